The lowest BCUT2D eigenvalue weighted by atomic mass is 9.99. The fourth-order valence-electron chi connectivity index (χ4n) is 1.20. The highest BCUT2D eigenvalue weighted by atomic mass is 16.4. The first-order chi connectivity index (χ1) is 8.29. The summed E-state index contributed by atoms with van der Waals surface area (Å²) in [7, 11) is 0. The molecule has 3 atom stereocenters. The van der Waals surface area contributed by atoms with E-state index in [9.17, 15) is 14.4 Å². The third kappa shape index (κ3) is 5.62. The van der Waals surface area contributed by atoms with Crippen molar-refractivity contribution in [2.24, 2.45) is 11.7 Å². The van der Waals surface area contributed by atoms with Gasteiger partial charge in [0.1, 0.15) is 12.6 Å². The van der Waals surface area contributed by atoms with Crippen LogP contribution in [0.5, 0.6) is 0 Å². The zero-order chi connectivity index (χ0) is 14.3. The normalized spacial score (nSPS) is 15.3. The molecule has 0 aromatic rings. The molecule has 0 heterocycles. The molecule has 0 aliphatic carbocycles. The van der Waals surface area contributed by atoms with Gasteiger partial charge >= 0.3 is 5.97 Å². The van der Waals surface area contributed by atoms with Crippen molar-refractivity contribution >= 4 is 17.8 Å². The Hall–Kier alpha value is -1.63. The second-order valence-electron chi connectivity index (χ2n) is 4.25. The van der Waals surface area contributed by atoms with Crippen LogP contribution in [0.1, 0.15) is 27.2 Å². The summed E-state index contributed by atoms with van der Waals surface area (Å²) in [6, 6.07) is -1.49. The quantitative estimate of drug-likeness (QED) is 0.470. The average molecular weight is 259 g/mol. The van der Waals surface area contributed by atoms with Crippen molar-refractivity contribution in [1.82, 2.24) is 10.6 Å². The number of nitrogens with one attached hydrogen (secondary N) is 2. The smallest absolute Gasteiger partial charge is 0.322 e. The Morgan fingerprint density at radius 1 is 1.22 bits per heavy atom. The van der Waals surface area contributed by atoms with E-state index in [0.717, 1.165) is 6.42 Å². The predicted molar refractivity (Wildman–Crippen MR) is 65.7 cm³/mol. The lowest BCUT2D eigenvalue weighted by molar-refractivity contribution is -0.138. The minimum Gasteiger partial charge on any atom is -0.480 e. The Labute approximate surface area is 106 Å². The highest BCUT2D eigenvalue weighted by Crippen LogP contribution is 2.05. The van der Waals surface area contributed by atoms with Gasteiger partial charge in [-0.3, -0.25) is 14.4 Å². The molecular formula is C11H21N3O4. The molecule has 7 nitrogen and oxygen atoms in total. The molecule has 104 valence electrons. The summed E-state index contributed by atoms with van der Waals surface area (Å²) in [5, 5.41) is 13.0. The monoisotopic (exact) mass is 259 g/mol. The van der Waals surface area contributed by atoms with Gasteiger partial charge in [0.25, 0.3) is 0 Å². The van der Waals surface area contributed by atoms with Gasteiger partial charge in [-0.15, -0.1) is 0 Å². The summed E-state index contributed by atoms with van der Waals surface area (Å²) in [6.07, 6.45) is 0.758. The molecule has 0 aromatic carbocycles. The van der Waals surface area contributed by atoms with Gasteiger partial charge in [0.15, 0.2) is 0 Å². The number of aliphatic carboxylic acids is 1. The van der Waals surface area contributed by atoms with Gasteiger partial charge in [-0.25, -0.2) is 0 Å². The van der Waals surface area contributed by atoms with Crippen molar-refractivity contribution in [3.63, 3.8) is 0 Å². The number of hydrogen-bond acceptors (Lipinski definition) is 4. The van der Waals surface area contributed by atoms with Crippen LogP contribution in [0.25, 0.3) is 0 Å². The third-order valence-corrected chi connectivity index (χ3v) is 2.73. The number of carbonyl (C=O) groups is 3. The first-order valence-corrected chi connectivity index (χ1v) is 5.85. The Bertz CT molecular complexity index is 319. The van der Waals surface area contributed by atoms with E-state index in [1.54, 1.807) is 0 Å². The van der Waals surface area contributed by atoms with Crippen molar-refractivity contribution in [3.05, 3.63) is 0 Å². The lowest BCUT2D eigenvalue weighted by Crippen LogP contribution is -2.52. The van der Waals surface area contributed by atoms with Gasteiger partial charge in [-0.1, -0.05) is 20.3 Å². The van der Waals surface area contributed by atoms with E-state index in [-0.39, 0.29) is 5.92 Å². The standard InChI is InChI=1S/C11H21N3O4/c1-4-6(2)9(12)11(18)14-7(3)10(17)13-5-8(15)16/h6-7,9H,4-5,12H2,1-3H3,(H,13,17)(H,14,18)(H,15,16)/t6-,7-,9-/m0/s1. The summed E-state index contributed by atoms with van der Waals surface area (Å²) in [6.45, 7) is 4.76. The average Bonchev–Trinajstić information content (AvgIpc) is 2.33. The zero-order valence-electron chi connectivity index (χ0n) is 10.9. The molecule has 2 amide bonds. The summed E-state index contributed by atoms with van der Waals surface area (Å²) in [5.41, 5.74) is 5.70. The number of rotatable bonds is 7. The van der Waals surface area contributed by atoms with Gasteiger partial charge in [0.05, 0.1) is 6.04 Å². The topological polar surface area (TPSA) is 122 Å². The zero-order valence-corrected chi connectivity index (χ0v) is 10.9. The highest BCUT2D eigenvalue weighted by molar-refractivity contribution is 5.90. The van der Waals surface area contributed by atoms with Crippen molar-refractivity contribution < 1.29 is 19.5 Å². The van der Waals surface area contributed by atoms with Crippen LogP contribution in [-0.4, -0.2) is 41.5 Å². The molecule has 5 N–H and O–H groups in total. The van der Waals surface area contributed by atoms with Gasteiger partial charge in [-0.2, -0.15) is 0 Å². The summed E-state index contributed by atoms with van der Waals surface area (Å²) >= 11 is 0. The van der Waals surface area contributed by atoms with E-state index in [1.165, 1.54) is 6.92 Å². The van der Waals surface area contributed by atoms with Crippen LogP contribution in [-0.2, 0) is 14.4 Å². The van der Waals surface area contributed by atoms with Gasteiger partial charge in [0.2, 0.25) is 11.8 Å². The molecule has 0 unspecified atom stereocenters. The molecular weight excluding hydrogens is 238 g/mol. The van der Waals surface area contributed by atoms with E-state index in [2.05, 4.69) is 10.6 Å². The van der Waals surface area contributed by atoms with E-state index < -0.39 is 36.4 Å². The van der Waals surface area contributed by atoms with E-state index >= 15 is 0 Å². The van der Waals surface area contributed by atoms with Gasteiger partial charge in [-0.05, 0) is 12.8 Å². The molecule has 0 rings (SSSR count). The minimum absolute atomic E-state index is 0.0132. The fraction of sp³-hybridized carbons (Fsp3) is 0.727. The molecule has 0 fully saturated rings. The van der Waals surface area contributed by atoms with Gasteiger partial charge < -0.3 is 21.5 Å². The SMILES string of the molecule is CC[C@H](C)[C@H](N)C(=O)N[C@@H](C)C(=O)NCC(=O)O. The maximum Gasteiger partial charge on any atom is 0.322 e. The molecule has 0 aromatic heterocycles. The van der Waals surface area contributed by atoms with Crippen LogP contribution in [0.4, 0.5) is 0 Å². The molecule has 0 aliphatic heterocycles. The first-order valence-electron chi connectivity index (χ1n) is 5.85. The number of hydrogen-bond donors (Lipinski definition) is 4. The molecule has 0 aliphatic rings. The Kier molecular flexibility index (Phi) is 6.96. The molecule has 18 heavy (non-hydrogen) atoms. The number of nitrogens with two attached hydrogens (primary N) is 1. The van der Waals surface area contributed by atoms with E-state index in [0.29, 0.717) is 0 Å². The van der Waals surface area contributed by atoms with Crippen LogP contribution in [0.3, 0.4) is 0 Å². The second-order valence-corrected chi connectivity index (χ2v) is 4.25. The minimum atomic E-state index is -1.14. The van der Waals surface area contributed by atoms with E-state index in [1.807, 2.05) is 13.8 Å². The Morgan fingerprint density at radius 2 is 1.78 bits per heavy atom. The lowest BCUT2D eigenvalue weighted by Gasteiger charge is -2.20. The number of carboxylic acid groups (broad SMARTS) is 1. The van der Waals surface area contributed by atoms with Gasteiger partial charge in [0, 0.05) is 0 Å². The molecule has 0 spiro atoms. The van der Waals surface area contributed by atoms with Crippen molar-refractivity contribution in [3.8, 4) is 0 Å². The molecule has 0 saturated heterocycles. The van der Waals surface area contributed by atoms with Crippen molar-refractivity contribution in [1.29, 1.82) is 0 Å². The highest BCUT2D eigenvalue weighted by Gasteiger charge is 2.23. The summed E-state index contributed by atoms with van der Waals surface area (Å²) in [5.74, 6) is -2.10. The Morgan fingerprint density at radius 3 is 2.22 bits per heavy atom. The summed E-state index contributed by atoms with van der Waals surface area (Å²) in [4.78, 5) is 33.3. The maximum absolute atomic E-state index is 11.7. The van der Waals surface area contributed by atoms with Crippen LogP contribution in [0, 0.1) is 5.92 Å². The van der Waals surface area contributed by atoms with Crippen molar-refractivity contribution in [2.75, 3.05) is 6.54 Å². The molecule has 0 saturated carbocycles. The van der Waals surface area contributed by atoms with Crippen LogP contribution in [0.15, 0.2) is 0 Å². The Balaban J connectivity index is 4.21. The first kappa shape index (κ1) is 16.4. The number of amides is 2. The maximum atomic E-state index is 11.7. The largest absolute Gasteiger partial charge is 0.480 e. The number of carbonyl (C=O) groups excluding carboxylic acids is 2. The molecule has 0 radical (unpaired) electrons. The van der Waals surface area contributed by atoms with Crippen LogP contribution >= 0.6 is 0 Å². The van der Waals surface area contributed by atoms with Crippen LogP contribution in [0.2, 0.25) is 0 Å². The number of carboxylic acids is 1. The molecule has 0 bridgehead atoms. The molecule has 7 heteroatoms. The second kappa shape index (κ2) is 7.65. The summed E-state index contributed by atoms with van der Waals surface area (Å²) < 4.78 is 0. The predicted octanol–water partition coefficient (Wildman–Crippen LogP) is -0.935. The van der Waals surface area contributed by atoms with Crippen molar-refractivity contribution in [2.45, 2.75) is 39.3 Å². The van der Waals surface area contributed by atoms with Crippen LogP contribution < -0.4 is 16.4 Å². The van der Waals surface area contributed by atoms with E-state index in [4.69, 9.17) is 10.8 Å². The third-order valence-electron chi connectivity index (χ3n) is 2.73. The fourth-order valence-corrected chi connectivity index (χ4v) is 1.20.